The summed E-state index contributed by atoms with van der Waals surface area (Å²) in [6.07, 6.45) is 5.80. The summed E-state index contributed by atoms with van der Waals surface area (Å²) in [5.74, 6) is 1.77. The Morgan fingerprint density at radius 2 is 1.74 bits per heavy atom. The molecule has 4 atom stereocenters. The fourth-order valence-electron chi connectivity index (χ4n) is 5.69. The van der Waals surface area contributed by atoms with E-state index in [4.69, 9.17) is 4.74 Å². The Morgan fingerprint density at radius 1 is 1.04 bits per heavy atom. The van der Waals surface area contributed by atoms with Gasteiger partial charge in [0.2, 0.25) is 0 Å². The molecule has 0 amide bonds. The summed E-state index contributed by atoms with van der Waals surface area (Å²) in [5.41, 5.74) is -0.0970. The van der Waals surface area contributed by atoms with Crippen LogP contribution in [0.1, 0.15) is 59.8 Å². The van der Waals surface area contributed by atoms with Gasteiger partial charge in [0.05, 0.1) is 12.2 Å². The van der Waals surface area contributed by atoms with Gasteiger partial charge in [0, 0.05) is 5.92 Å². The highest BCUT2D eigenvalue weighted by atomic mass is 16.5. The van der Waals surface area contributed by atoms with Gasteiger partial charge in [-0.25, -0.2) is 0 Å². The zero-order chi connectivity index (χ0) is 16.7. The lowest BCUT2D eigenvalue weighted by Crippen LogP contribution is -2.59. The van der Waals surface area contributed by atoms with Crippen LogP contribution in [-0.4, -0.2) is 17.3 Å². The maximum atomic E-state index is 11.1. The highest BCUT2D eigenvalue weighted by Gasteiger charge is 2.58. The quantitative estimate of drug-likeness (QED) is 0.844. The van der Waals surface area contributed by atoms with E-state index in [1.807, 2.05) is 37.3 Å². The molecular weight excluding hydrogens is 284 g/mol. The Bertz CT molecular complexity index is 534. The first-order valence-corrected chi connectivity index (χ1v) is 9.16. The van der Waals surface area contributed by atoms with Crippen molar-refractivity contribution in [2.75, 3.05) is 6.61 Å². The van der Waals surface area contributed by atoms with E-state index < -0.39 is 5.60 Å². The van der Waals surface area contributed by atoms with E-state index in [1.54, 1.807) is 0 Å². The topological polar surface area (TPSA) is 29.5 Å². The number of aliphatic hydroxyl groups is 1. The highest BCUT2D eigenvalue weighted by molar-refractivity contribution is 5.21. The van der Waals surface area contributed by atoms with Crippen LogP contribution in [0.25, 0.3) is 0 Å². The second-order valence-corrected chi connectivity index (χ2v) is 8.97. The van der Waals surface area contributed by atoms with Gasteiger partial charge in [-0.3, -0.25) is 0 Å². The molecule has 0 aliphatic heterocycles. The van der Waals surface area contributed by atoms with Crippen molar-refractivity contribution < 1.29 is 9.84 Å². The minimum atomic E-state index is -0.631. The van der Waals surface area contributed by atoms with Crippen LogP contribution in [0, 0.1) is 22.7 Å². The molecule has 2 aliphatic carbocycles. The van der Waals surface area contributed by atoms with Gasteiger partial charge in [0.1, 0.15) is 5.75 Å². The maximum absolute atomic E-state index is 11.1. The van der Waals surface area contributed by atoms with Crippen LogP contribution in [0.4, 0.5) is 0 Å². The van der Waals surface area contributed by atoms with Crippen molar-refractivity contribution >= 4 is 0 Å². The second kappa shape index (κ2) is 5.81. The molecule has 0 radical (unpaired) electrons. The Hall–Kier alpha value is -1.02. The van der Waals surface area contributed by atoms with Gasteiger partial charge >= 0.3 is 0 Å². The summed E-state index contributed by atoms with van der Waals surface area (Å²) < 4.78 is 6.10. The summed E-state index contributed by atoms with van der Waals surface area (Å²) in [6, 6.07) is 10.0. The van der Waals surface area contributed by atoms with Crippen molar-refractivity contribution in [3.05, 3.63) is 30.3 Å². The lowest BCUT2D eigenvalue weighted by Gasteiger charge is -2.60. The van der Waals surface area contributed by atoms with Crippen molar-refractivity contribution in [2.24, 2.45) is 22.7 Å². The van der Waals surface area contributed by atoms with E-state index in [0.717, 1.165) is 18.6 Å². The molecule has 3 rings (SSSR count). The minimum absolute atomic E-state index is 0.165. The molecule has 2 nitrogen and oxygen atoms in total. The average molecular weight is 316 g/mol. The lowest BCUT2D eigenvalue weighted by molar-refractivity contribution is -0.176. The molecule has 1 aromatic rings. The summed E-state index contributed by atoms with van der Waals surface area (Å²) in [6.45, 7) is 9.88. The Kier molecular flexibility index (Phi) is 4.25. The molecule has 1 N–H and O–H groups in total. The third-order valence-electron chi connectivity index (χ3n) is 6.92. The SMILES string of the molecule is CC1(C)CCC[C@]2(C)[C@@H](COc3ccccc3)[C@](C)(O)CC[C@@H]12. The average Bonchev–Trinajstić information content (AvgIpc) is 2.46. The molecule has 2 aliphatic rings. The van der Waals surface area contributed by atoms with Crippen LogP contribution < -0.4 is 4.74 Å². The van der Waals surface area contributed by atoms with Crippen LogP contribution in [-0.2, 0) is 0 Å². The van der Waals surface area contributed by atoms with Gasteiger partial charge in [-0.05, 0) is 61.5 Å². The molecule has 0 heterocycles. The Balaban J connectivity index is 1.85. The normalized spacial score (nSPS) is 39.5. The van der Waals surface area contributed by atoms with Gasteiger partial charge in [0.25, 0.3) is 0 Å². The monoisotopic (exact) mass is 316 g/mol. The van der Waals surface area contributed by atoms with Gasteiger partial charge in [-0.1, -0.05) is 45.4 Å². The lowest BCUT2D eigenvalue weighted by atomic mass is 9.46. The van der Waals surface area contributed by atoms with Gasteiger partial charge in [-0.2, -0.15) is 0 Å². The van der Waals surface area contributed by atoms with Gasteiger partial charge in [-0.15, -0.1) is 0 Å². The third-order valence-corrected chi connectivity index (χ3v) is 6.92. The van der Waals surface area contributed by atoms with Crippen molar-refractivity contribution in [3.63, 3.8) is 0 Å². The number of hydrogen-bond donors (Lipinski definition) is 1. The first-order chi connectivity index (χ1) is 10.8. The zero-order valence-electron chi connectivity index (χ0n) is 15.1. The van der Waals surface area contributed by atoms with Crippen LogP contribution in [0.15, 0.2) is 30.3 Å². The Labute approximate surface area is 141 Å². The zero-order valence-corrected chi connectivity index (χ0v) is 15.1. The molecule has 2 fully saturated rings. The van der Waals surface area contributed by atoms with E-state index in [-0.39, 0.29) is 11.3 Å². The second-order valence-electron chi connectivity index (χ2n) is 8.97. The van der Waals surface area contributed by atoms with E-state index in [0.29, 0.717) is 17.9 Å². The summed E-state index contributed by atoms with van der Waals surface area (Å²) >= 11 is 0. The predicted octanol–water partition coefficient (Wildman–Crippen LogP) is 5.06. The fraction of sp³-hybridized carbons (Fsp3) is 0.714. The van der Waals surface area contributed by atoms with Crippen LogP contribution >= 0.6 is 0 Å². The minimum Gasteiger partial charge on any atom is -0.493 e. The van der Waals surface area contributed by atoms with E-state index in [9.17, 15) is 5.11 Å². The maximum Gasteiger partial charge on any atom is 0.119 e. The predicted molar refractivity (Wildman–Crippen MR) is 94.5 cm³/mol. The van der Waals surface area contributed by atoms with E-state index >= 15 is 0 Å². The fourth-order valence-corrected chi connectivity index (χ4v) is 5.69. The Morgan fingerprint density at radius 3 is 2.43 bits per heavy atom. The molecular formula is C21H32O2. The van der Waals surface area contributed by atoms with Crippen molar-refractivity contribution in [1.82, 2.24) is 0 Å². The molecule has 2 heteroatoms. The molecule has 0 bridgehead atoms. The molecule has 2 saturated carbocycles. The highest BCUT2D eigenvalue weighted by Crippen LogP contribution is 2.61. The van der Waals surface area contributed by atoms with Crippen molar-refractivity contribution in [1.29, 1.82) is 0 Å². The third kappa shape index (κ3) is 3.03. The van der Waals surface area contributed by atoms with Gasteiger partial charge in [0.15, 0.2) is 0 Å². The number of rotatable bonds is 3. The summed E-state index contributed by atoms with van der Waals surface area (Å²) in [5, 5.41) is 11.1. The first-order valence-electron chi connectivity index (χ1n) is 9.16. The molecule has 0 saturated heterocycles. The van der Waals surface area contributed by atoms with Crippen LogP contribution in [0.5, 0.6) is 5.75 Å². The number of para-hydroxylation sites is 1. The first kappa shape index (κ1) is 16.8. The molecule has 128 valence electrons. The number of hydrogen-bond acceptors (Lipinski definition) is 2. The van der Waals surface area contributed by atoms with Crippen molar-refractivity contribution in [2.45, 2.75) is 65.4 Å². The van der Waals surface area contributed by atoms with Gasteiger partial charge < -0.3 is 9.84 Å². The molecule has 23 heavy (non-hydrogen) atoms. The number of benzene rings is 1. The van der Waals surface area contributed by atoms with Crippen molar-refractivity contribution in [3.8, 4) is 5.75 Å². The summed E-state index contributed by atoms with van der Waals surface area (Å²) in [4.78, 5) is 0. The largest absolute Gasteiger partial charge is 0.493 e. The van der Waals surface area contributed by atoms with E-state index in [2.05, 4.69) is 20.8 Å². The number of ether oxygens (including phenoxy) is 1. The van der Waals surface area contributed by atoms with Crippen LogP contribution in [0.2, 0.25) is 0 Å². The molecule has 0 unspecified atom stereocenters. The number of fused-ring (bicyclic) bond motifs is 1. The standard InChI is InChI=1S/C21H32O2/c1-19(2)12-8-13-20(3)17(19)11-14-21(4,22)18(20)15-23-16-9-6-5-7-10-16/h5-7,9-10,17-18,22H,8,11-15H2,1-4H3/t17-,18+,20-,21+/m0/s1. The molecule has 1 aromatic carbocycles. The smallest absolute Gasteiger partial charge is 0.119 e. The molecule has 0 spiro atoms. The van der Waals surface area contributed by atoms with E-state index in [1.165, 1.54) is 19.3 Å². The van der Waals surface area contributed by atoms with Crippen LogP contribution in [0.3, 0.4) is 0 Å². The summed E-state index contributed by atoms with van der Waals surface area (Å²) in [7, 11) is 0. The molecule has 0 aromatic heterocycles.